The molecule has 0 bridgehead atoms. The molecule has 0 saturated carbocycles. The number of alkyl halides is 1. The Labute approximate surface area is 87.9 Å². The van der Waals surface area contributed by atoms with Crippen molar-refractivity contribution < 1.29 is 4.39 Å². The van der Waals surface area contributed by atoms with E-state index in [2.05, 4.69) is 16.6 Å². The minimum absolute atomic E-state index is 0.258. The van der Waals surface area contributed by atoms with Crippen LogP contribution in [0.2, 0.25) is 0 Å². The predicted octanol–water partition coefficient (Wildman–Crippen LogP) is 3.69. The maximum absolute atomic E-state index is 12.5. The van der Waals surface area contributed by atoms with Gasteiger partial charge < -0.3 is 0 Å². The van der Waals surface area contributed by atoms with Gasteiger partial charge in [0, 0.05) is 4.91 Å². The zero-order valence-electron chi connectivity index (χ0n) is 8.36. The normalized spacial score (nSPS) is 9.40. The first kappa shape index (κ1) is 11.3. The van der Waals surface area contributed by atoms with Gasteiger partial charge in [-0.25, -0.2) is 4.39 Å². The van der Waals surface area contributed by atoms with Crippen molar-refractivity contribution in [3.05, 3.63) is 58.0 Å². The van der Waals surface area contributed by atoms with Gasteiger partial charge in [-0.2, -0.15) is 0 Å². The summed E-state index contributed by atoms with van der Waals surface area (Å²) in [7, 11) is 0. The van der Waals surface area contributed by atoms with E-state index < -0.39 is 6.67 Å². The summed E-state index contributed by atoms with van der Waals surface area (Å²) >= 11 is 0. The molecule has 0 aliphatic heterocycles. The van der Waals surface area contributed by atoms with Crippen LogP contribution >= 0.6 is 0 Å². The van der Waals surface area contributed by atoms with E-state index in [9.17, 15) is 4.39 Å². The van der Waals surface area contributed by atoms with Gasteiger partial charge in [0.2, 0.25) is 0 Å². The fraction of sp³-hybridized carbons (Fsp3) is 0.273. The number of azide groups is 1. The number of halogens is 1. The number of hydrogen-bond donors (Lipinski definition) is 0. The Kier molecular flexibility index (Phi) is 4.38. The molecule has 0 amide bonds. The second-order valence-electron chi connectivity index (χ2n) is 3.17. The average Bonchev–Trinajstić information content (AvgIpc) is 2.26. The smallest absolute Gasteiger partial charge is 0.115 e. The molecular formula is C11H12FN3. The fourth-order valence-corrected chi connectivity index (χ4v) is 1.41. The summed E-state index contributed by atoms with van der Waals surface area (Å²) in [5.74, 6) is 0. The maximum atomic E-state index is 12.5. The van der Waals surface area contributed by atoms with Crippen LogP contribution in [0.15, 0.2) is 36.0 Å². The Hall–Kier alpha value is -1.80. The Morgan fingerprint density at radius 3 is 2.60 bits per heavy atom. The Balaban J connectivity index is 2.98. The highest BCUT2D eigenvalue weighted by atomic mass is 19.1. The predicted molar refractivity (Wildman–Crippen MR) is 58.0 cm³/mol. The second-order valence-corrected chi connectivity index (χ2v) is 3.17. The van der Waals surface area contributed by atoms with Crippen LogP contribution in [-0.2, 0) is 19.6 Å². The summed E-state index contributed by atoms with van der Waals surface area (Å²) in [5, 5.41) is 3.45. The first-order valence-electron chi connectivity index (χ1n) is 4.59. The number of hydrogen-bond acceptors (Lipinski definition) is 1. The molecule has 3 nitrogen and oxygen atoms in total. The highest BCUT2D eigenvalue weighted by Crippen LogP contribution is 2.13. The van der Waals surface area contributed by atoms with Crippen LogP contribution in [0.4, 0.5) is 4.39 Å². The molecule has 4 heteroatoms. The third kappa shape index (κ3) is 3.44. The van der Waals surface area contributed by atoms with Gasteiger partial charge in [0.1, 0.15) is 6.67 Å². The van der Waals surface area contributed by atoms with Crippen molar-refractivity contribution >= 4 is 0 Å². The summed E-state index contributed by atoms with van der Waals surface area (Å²) in [6.07, 6.45) is 2.45. The molecule has 1 aromatic carbocycles. The van der Waals surface area contributed by atoms with Gasteiger partial charge in [0.25, 0.3) is 0 Å². The Bertz CT molecular complexity index is 395. The number of benzene rings is 1. The molecule has 0 aliphatic carbocycles. The Morgan fingerprint density at radius 2 is 2.00 bits per heavy atom. The van der Waals surface area contributed by atoms with Crippen molar-refractivity contribution in [1.82, 2.24) is 0 Å². The van der Waals surface area contributed by atoms with Gasteiger partial charge in [-0.1, -0.05) is 29.4 Å². The van der Waals surface area contributed by atoms with Crippen LogP contribution in [0.25, 0.3) is 10.4 Å². The first-order chi connectivity index (χ1) is 7.30. The van der Waals surface area contributed by atoms with Crippen LogP contribution in [0.1, 0.15) is 16.7 Å². The molecule has 1 rings (SSSR count). The molecule has 0 heterocycles. The van der Waals surface area contributed by atoms with Crippen LogP contribution in [0.3, 0.4) is 0 Å². The van der Waals surface area contributed by atoms with Crippen LogP contribution in [0, 0.1) is 0 Å². The molecule has 0 fully saturated rings. The number of rotatable bonds is 5. The van der Waals surface area contributed by atoms with Crippen LogP contribution < -0.4 is 0 Å². The fourth-order valence-electron chi connectivity index (χ4n) is 1.41. The van der Waals surface area contributed by atoms with Crippen molar-refractivity contribution in [3.8, 4) is 0 Å². The lowest BCUT2D eigenvalue weighted by molar-refractivity contribution is 0.484. The van der Waals surface area contributed by atoms with E-state index in [1.807, 2.05) is 6.07 Å². The molecule has 0 spiro atoms. The molecule has 0 N–H and O–H groups in total. The van der Waals surface area contributed by atoms with E-state index >= 15 is 0 Å². The molecule has 0 atom stereocenters. The summed E-state index contributed by atoms with van der Waals surface area (Å²) in [5.41, 5.74) is 10.6. The van der Waals surface area contributed by atoms with Gasteiger partial charge in [0.15, 0.2) is 0 Å². The van der Waals surface area contributed by atoms with Gasteiger partial charge >= 0.3 is 0 Å². The van der Waals surface area contributed by atoms with Crippen molar-refractivity contribution in [1.29, 1.82) is 0 Å². The largest absolute Gasteiger partial charge is 0.246 e. The van der Waals surface area contributed by atoms with E-state index in [-0.39, 0.29) is 6.54 Å². The molecule has 0 saturated heterocycles. The molecule has 0 radical (unpaired) electrons. The molecule has 1 aromatic rings. The molecule has 0 aromatic heterocycles. The summed E-state index contributed by atoms with van der Waals surface area (Å²) in [6.45, 7) is 3.38. The lowest BCUT2D eigenvalue weighted by atomic mass is 10.0. The third-order valence-electron chi connectivity index (χ3n) is 1.96. The van der Waals surface area contributed by atoms with Gasteiger partial charge in [-0.15, -0.1) is 6.58 Å². The van der Waals surface area contributed by atoms with Gasteiger partial charge in [-0.05, 0) is 28.6 Å². The zero-order chi connectivity index (χ0) is 11.1. The molecular weight excluding hydrogens is 193 g/mol. The van der Waals surface area contributed by atoms with Gasteiger partial charge in [-0.3, -0.25) is 0 Å². The third-order valence-corrected chi connectivity index (χ3v) is 1.96. The summed E-state index contributed by atoms with van der Waals surface area (Å²) < 4.78 is 12.5. The van der Waals surface area contributed by atoms with E-state index in [1.165, 1.54) is 0 Å². The van der Waals surface area contributed by atoms with E-state index in [0.717, 1.165) is 11.1 Å². The van der Waals surface area contributed by atoms with Crippen molar-refractivity contribution in [2.45, 2.75) is 19.6 Å². The minimum atomic E-state index is -0.506. The first-order valence-corrected chi connectivity index (χ1v) is 4.59. The van der Waals surface area contributed by atoms with Crippen LogP contribution in [-0.4, -0.2) is 0 Å². The highest BCUT2D eigenvalue weighted by molar-refractivity contribution is 5.31. The number of allylic oxidation sites excluding steroid dienone is 1. The second kappa shape index (κ2) is 5.83. The minimum Gasteiger partial charge on any atom is -0.246 e. The molecule has 0 unspecified atom stereocenters. The highest BCUT2D eigenvalue weighted by Gasteiger charge is 1.99. The molecule has 78 valence electrons. The van der Waals surface area contributed by atoms with Gasteiger partial charge in [0.05, 0.1) is 6.54 Å². The summed E-state index contributed by atoms with van der Waals surface area (Å²) in [6, 6.07) is 5.40. The molecule has 15 heavy (non-hydrogen) atoms. The number of nitrogens with zero attached hydrogens (tertiary/aromatic N) is 3. The van der Waals surface area contributed by atoms with Crippen LogP contribution in [0.5, 0.6) is 0 Å². The lowest BCUT2D eigenvalue weighted by Gasteiger charge is -2.04. The topological polar surface area (TPSA) is 48.8 Å². The molecule has 0 aliphatic rings. The average molecular weight is 205 g/mol. The van der Waals surface area contributed by atoms with Crippen molar-refractivity contribution in [2.24, 2.45) is 5.11 Å². The monoisotopic (exact) mass is 205 g/mol. The SMILES string of the molecule is C=CCc1cc(CF)cc(CN=[N+]=[N-])c1. The summed E-state index contributed by atoms with van der Waals surface area (Å²) in [4.78, 5) is 2.67. The standard InChI is InChI=1S/C11H12FN3/c1-2-3-9-4-10(7-12)6-11(5-9)8-14-15-13/h2,4-6H,1,3,7-8H2. The Morgan fingerprint density at radius 1 is 1.33 bits per heavy atom. The zero-order valence-corrected chi connectivity index (χ0v) is 8.36. The van der Waals surface area contributed by atoms with E-state index in [4.69, 9.17) is 5.53 Å². The maximum Gasteiger partial charge on any atom is 0.115 e. The van der Waals surface area contributed by atoms with Crippen molar-refractivity contribution in [3.63, 3.8) is 0 Å². The van der Waals surface area contributed by atoms with E-state index in [1.54, 1.807) is 18.2 Å². The van der Waals surface area contributed by atoms with E-state index in [0.29, 0.717) is 12.0 Å². The quantitative estimate of drug-likeness (QED) is 0.304. The lowest BCUT2D eigenvalue weighted by Crippen LogP contribution is -1.90. The van der Waals surface area contributed by atoms with Crippen molar-refractivity contribution in [2.75, 3.05) is 0 Å².